The first-order chi connectivity index (χ1) is 6.54. The minimum Gasteiger partial charge on any atom is -0.491 e. The van der Waals surface area contributed by atoms with E-state index in [9.17, 15) is 17.6 Å². The number of rotatable bonds is 3. The Morgan fingerprint density at radius 1 is 1.14 bits per heavy atom. The summed E-state index contributed by atoms with van der Waals surface area (Å²) in [5.74, 6) is -3.41. The Bertz CT molecular complexity index is 304. The van der Waals surface area contributed by atoms with Gasteiger partial charge in [-0.3, -0.25) is 0 Å². The molecule has 0 aromatic heterocycles. The van der Waals surface area contributed by atoms with E-state index in [1.807, 2.05) is 0 Å². The zero-order chi connectivity index (χ0) is 10.7. The van der Waals surface area contributed by atoms with Gasteiger partial charge in [0, 0.05) is 12.1 Å². The molecule has 0 saturated heterocycles. The standard InChI is InChI=1S/C8H6F4O2/c1-13-7-5(9)2-4(3-6(7)10)14-8(11)12/h2-3,8H,1H3. The summed E-state index contributed by atoms with van der Waals surface area (Å²) in [6.07, 6.45) is 0. The summed E-state index contributed by atoms with van der Waals surface area (Å²) in [6.45, 7) is -3.12. The van der Waals surface area contributed by atoms with E-state index in [1.165, 1.54) is 0 Å². The molecule has 0 N–H and O–H groups in total. The highest BCUT2D eigenvalue weighted by Crippen LogP contribution is 2.27. The molecule has 0 radical (unpaired) electrons. The first-order valence-corrected chi connectivity index (χ1v) is 3.52. The van der Waals surface area contributed by atoms with Crippen molar-refractivity contribution in [2.24, 2.45) is 0 Å². The molecule has 78 valence electrons. The van der Waals surface area contributed by atoms with Gasteiger partial charge in [0.2, 0.25) is 0 Å². The molecule has 2 nitrogen and oxygen atoms in total. The topological polar surface area (TPSA) is 18.5 Å². The van der Waals surface area contributed by atoms with E-state index in [1.54, 1.807) is 0 Å². The van der Waals surface area contributed by atoms with Crippen molar-refractivity contribution in [3.63, 3.8) is 0 Å². The predicted octanol–water partition coefficient (Wildman–Crippen LogP) is 2.57. The van der Waals surface area contributed by atoms with E-state index in [-0.39, 0.29) is 0 Å². The van der Waals surface area contributed by atoms with Crippen molar-refractivity contribution in [2.75, 3.05) is 7.11 Å². The maximum absolute atomic E-state index is 12.9. The largest absolute Gasteiger partial charge is 0.491 e. The summed E-state index contributed by atoms with van der Waals surface area (Å²) >= 11 is 0. The van der Waals surface area contributed by atoms with Crippen LogP contribution in [0.2, 0.25) is 0 Å². The summed E-state index contributed by atoms with van der Waals surface area (Å²) in [7, 11) is 1.06. The minimum absolute atomic E-state index is 0.587. The number of hydrogen-bond acceptors (Lipinski definition) is 2. The Morgan fingerprint density at radius 3 is 2.00 bits per heavy atom. The van der Waals surface area contributed by atoms with Crippen molar-refractivity contribution in [1.82, 2.24) is 0 Å². The van der Waals surface area contributed by atoms with Crippen molar-refractivity contribution < 1.29 is 27.0 Å². The van der Waals surface area contributed by atoms with Crippen LogP contribution in [-0.4, -0.2) is 13.7 Å². The van der Waals surface area contributed by atoms with Crippen LogP contribution < -0.4 is 9.47 Å². The lowest BCUT2D eigenvalue weighted by molar-refractivity contribution is -0.0502. The third-order valence-corrected chi connectivity index (χ3v) is 1.40. The van der Waals surface area contributed by atoms with Crippen LogP contribution >= 0.6 is 0 Å². The molecule has 0 aliphatic rings. The molecule has 14 heavy (non-hydrogen) atoms. The van der Waals surface area contributed by atoms with Gasteiger partial charge in [-0.25, -0.2) is 8.78 Å². The monoisotopic (exact) mass is 210 g/mol. The molecule has 1 aromatic rings. The zero-order valence-corrected chi connectivity index (χ0v) is 7.06. The van der Waals surface area contributed by atoms with Crippen molar-refractivity contribution >= 4 is 0 Å². The van der Waals surface area contributed by atoms with E-state index >= 15 is 0 Å². The van der Waals surface area contributed by atoms with Gasteiger partial charge >= 0.3 is 6.61 Å². The van der Waals surface area contributed by atoms with Gasteiger partial charge in [-0.2, -0.15) is 8.78 Å². The highest BCUT2D eigenvalue weighted by molar-refractivity contribution is 5.34. The molecule has 0 aliphatic carbocycles. The molecule has 0 amide bonds. The van der Waals surface area contributed by atoms with Gasteiger partial charge in [0.05, 0.1) is 7.11 Å². The van der Waals surface area contributed by atoms with Crippen LogP contribution in [0.15, 0.2) is 12.1 Å². The van der Waals surface area contributed by atoms with Crippen LogP contribution in [-0.2, 0) is 0 Å². The minimum atomic E-state index is -3.12. The Balaban J connectivity index is 3.01. The number of benzene rings is 1. The van der Waals surface area contributed by atoms with Crippen molar-refractivity contribution in [1.29, 1.82) is 0 Å². The lowest BCUT2D eigenvalue weighted by Gasteiger charge is -2.07. The Labute approximate surface area is 77.1 Å². The smallest absolute Gasteiger partial charge is 0.387 e. The third-order valence-electron chi connectivity index (χ3n) is 1.40. The normalized spacial score (nSPS) is 10.4. The molecule has 0 bridgehead atoms. The van der Waals surface area contributed by atoms with E-state index in [0.29, 0.717) is 12.1 Å². The van der Waals surface area contributed by atoms with Gasteiger partial charge in [0.1, 0.15) is 5.75 Å². The van der Waals surface area contributed by atoms with E-state index < -0.39 is 29.7 Å². The van der Waals surface area contributed by atoms with Crippen LogP contribution in [0, 0.1) is 11.6 Å². The molecule has 0 atom stereocenters. The van der Waals surface area contributed by atoms with Gasteiger partial charge < -0.3 is 9.47 Å². The van der Waals surface area contributed by atoms with Gasteiger partial charge in [0.15, 0.2) is 17.4 Å². The van der Waals surface area contributed by atoms with Crippen molar-refractivity contribution in [3.8, 4) is 11.5 Å². The lowest BCUT2D eigenvalue weighted by atomic mass is 10.3. The summed E-state index contributed by atoms with van der Waals surface area (Å²) < 4.78 is 57.2. The second-order valence-corrected chi connectivity index (χ2v) is 2.30. The Morgan fingerprint density at radius 2 is 1.64 bits per heavy atom. The number of alkyl halides is 2. The molecule has 0 fully saturated rings. The lowest BCUT2D eigenvalue weighted by Crippen LogP contribution is -2.03. The quantitative estimate of drug-likeness (QED) is 0.714. The van der Waals surface area contributed by atoms with Crippen molar-refractivity contribution in [2.45, 2.75) is 6.61 Å². The molecule has 0 spiro atoms. The zero-order valence-electron chi connectivity index (χ0n) is 7.06. The maximum atomic E-state index is 12.9. The Kier molecular flexibility index (Phi) is 3.16. The predicted molar refractivity (Wildman–Crippen MR) is 39.5 cm³/mol. The van der Waals surface area contributed by atoms with Crippen LogP contribution in [0.5, 0.6) is 11.5 Å². The molecule has 0 aliphatic heterocycles. The van der Waals surface area contributed by atoms with Crippen LogP contribution in [0.1, 0.15) is 0 Å². The third kappa shape index (κ3) is 2.27. The second-order valence-electron chi connectivity index (χ2n) is 2.30. The van der Waals surface area contributed by atoms with Crippen LogP contribution in [0.3, 0.4) is 0 Å². The average molecular weight is 210 g/mol. The van der Waals surface area contributed by atoms with E-state index in [0.717, 1.165) is 7.11 Å². The summed E-state index contributed by atoms with van der Waals surface area (Å²) in [5, 5.41) is 0. The highest BCUT2D eigenvalue weighted by Gasteiger charge is 2.14. The van der Waals surface area contributed by atoms with Gasteiger partial charge in [-0.15, -0.1) is 0 Å². The summed E-state index contributed by atoms with van der Waals surface area (Å²) in [5.41, 5.74) is 0. The van der Waals surface area contributed by atoms with Crippen LogP contribution in [0.4, 0.5) is 17.6 Å². The van der Waals surface area contributed by atoms with Gasteiger partial charge in [-0.05, 0) is 0 Å². The van der Waals surface area contributed by atoms with Crippen molar-refractivity contribution in [3.05, 3.63) is 23.8 Å². The first kappa shape index (κ1) is 10.6. The van der Waals surface area contributed by atoms with E-state index in [2.05, 4.69) is 9.47 Å². The van der Waals surface area contributed by atoms with Gasteiger partial charge in [0.25, 0.3) is 0 Å². The average Bonchev–Trinajstić information content (AvgIpc) is 2.01. The number of methoxy groups -OCH3 is 1. The fourth-order valence-electron chi connectivity index (χ4n) is 0.903. The highest BCUT2D eigenvalue weighted by atomic mass is 19.3. The molecular weight excluding hydrogens is 204 g/mol. The summed E-state index contributed by atoms with van der Waals surface area (Å²) in [6, 6.07) is 1.24. The SMILES string of the molecule is COc1c(F)cc(OC(F)F)cc1F. The molecular formula is C8H6F4O2. The number of halogens is 4. The molecule has 6 heteroatoms. The molecule has 1 aromatic carbocycles. The maximum Gasteiger partial charge on any atom is 0.387 e. The van der Waals surface area contributed by atoms with E-state index in [4.69, 9.17) is 0 Å². The molecule has 0 saturated carbocycles. The first-order valence-electron chi connectivity index (χ1n) is 3.52. The number of ether oxygens (including phenoxy) is 2. The molecule has 1 rings (SSSR count). The molecule has 0 heterocycles. The fraction of sp³-hybridized carbons (Fsp3) is 0.250. The molecule has 0 unspecified atom stereocenters. The number of hydrogen-bond donors (Lipinski definition) is 0. The van der Waals surface area contributed by atoms with Gasteiger partial charge in [-0.1, -0.05) is 0 Å². The van der Waals surface area contributed by atoms with Crippen LogP contribution in [0.25, 0.3) is 0 Å². The summed E-state index contributed by atoms with van der Waals surface area (Å²) in [4.78, 5) is 0. The Hall–Kier alpha value is -1.46. The second kappa shape index (κ2) is 4.17. The fourth-order valence-corrected chi connectivity index (χ4v) is 0.903.